The third kappa shape index (κ3) is 2.65. The van der Waals surface area contributed by atoms with E-state index in [9.17, 15) is 4.39 Å². The maximum Gasteiger partial charge on any atom is 0.124 e. The summed E-state index contributed by atoms with van der Waals surface area (Å²) in [5.74, 6) is -0.431. The van der Waals surface area contributed by atoms with Crippen molar-refractivity contribution in [2.75, 3.05) is 5.32 Å². The molecule has 0 aliphatic rings. The van der Waals surface area contributed by atoms with Crippen LogP contribution in [0.1, 0.15) is 15.3 Å². The van der Waals surface area contributed by atoms with E-state index in [1.54, 1.807) is 6.07 Å². The van der Waals surface area contributed by atoms with Gasteiger partial charge in [0, 0.05) is 11.4 Å². The molecule has 0 atom stereocenters. The molecule has 1 aromatic heterocycles. The number of hydrogen-bond donors (Lipinski definition) is 1. The quantitative estimate of drug-likeness (QED) is 0.918. The Hall–Kier alpha value is -2.37. The lowest BCUT2D eigenvalue weighted by molar-refractivity contribution is 0.627. The van der Waals surface area contributed by atoms with Gasteiger partial charge in [0.2, 0.25) is 0 Å². The molecule has 0 amide bonds. The molecule has 1 aromatic carbocycles. The first-order chi connectivity index (χ1) is 8.72. The van der Waals surface area contributed by atoms with E-state index in [0.29, 0.717) is 17.1 Å². The van der Waals surface area contributed by atoms with Gasteiger partial charge < -0.3 is 5.32 Å². The van der Waals surface area contributed by atoms with Gasteiger partial charge in [-0.3, -0.25) is 0 Å². The predicted octanol–water partition coefficient (Wildman–Crippen LogP) is 3.24. The summed E-state index contributed by atoms with van der Waals surface area (Å²) >= 11 is 1.39. The average Bonchev–Trinajstić information content (AvgIpc) is 2.85. The molecule has 0 aliphatic heterocycles. The van der Waals surface area contributed by atoms with Gasteiger partial charge in [-0.15, -0.1) is 11.3 Å². The lowest BCUT2D eigenvalue weighted by atomic mass is 10.2. The highest BCUT2D eigenvalue weighted by molar-refractivity contribution is 7.12. The Morgan fingerprint density at radius 3 is 2.67 bits per heavy atom. The molecule has 0 bridgehead atoms. The van der Waals surface area contributed by atoms with Gasteiger partial charge >= 0.3 is 0 Å². The SMILES string of the molecule is N#Cc1ccc(CNc2ccc(F)cc2C#N)s1. The third-order valence-corrected chi connectivity index (χ3v) is 3.32. The van der Waals surface area contributed by atoms with Crippen LogP contribution < -0.4 is 5.32 Å². The summed E-state index contributed by atoms with van der Waals surface area (Å²) in [5.41, 5.74) is 0.859. The summed E-state index contributed by atoms with van der Waals surface area (Å²) in [5, 5.41) is 20.6. The molecule has 0 saturated carbocycles. The van der Waals surface area contributed by atoms with Crippen LogP contribution in [0.4, 0.5) is 10.1 Å². The van der Waals surface area contributed by atoms with Gasteiger partial charge in [0.1, 0.15) is 22.8 Å². The van der Waals surface area contributed by atoms with Crippen LogP contribution in [0.5, 0.6) is 0 Å². The van der Waals surface area contributed by atoms with Gasteiger partial charge in [-0.2, -0.15) is 10.5 Å². The van der Waals surface area contributed by atoms with E-state index in [1.165, 1.54) is 29.5 Å². The second-order valence-electron chi connectivity index (χ2n) is 3.53. The number of nitriles is 2. The predicted molar refractivity (Wildman–Crippen MR) is 67.5 cm³/mol. The molecular formula is C13H8FN3S. The molecule has 0 saturated heterocycles. The number of nitrogens with one attached hydrogen (secondary N) is 1. The highest BCUT2D eigenvalue weighted by atomic mass is 32.1. The van der Waals surface area contributed by atoms with E-state index in [4.69, 9.17) is 10.5 Å². The largest absolute Gasteiger partial charge is 0.379 e. The molecule has 0 radical (unpaired) electrons. The maximum atomic E-state index is 12.9. The zero-order chi connectivity index (χ0) is 13.0. The highest BCUT2D eigenvalue weighted by Crippen LogP contribution is 2.20. The van der Waals surface area contributed by atoms with Gasteiger partial charge in [-0.1, -0.05) is 0 Å². The Labute approximate surface area is 108 Å². The normalized spacial score (nSPS) is 9.50. The summed E-state index contributed by atoms with van der Waals surface area (Å²) in [6.45, 7) is 0.507. The number of benzene rings is 1. The van der Waals surface area contributed by atoms with E-state index in [-0.39, 0.29) is 5.56 Å². The van der Waals surface area contributed by atoms with Crippen molar-refractivity contribution in [2.45, 2.75) is 6.54 Å². The van der Waals surface area contributed by atoms with E-state index >= 15 is 0 Å². The van der Waals surface area contributed by atoms with Gasteiger partial charge in [0.15, 0.2) is 0 Å². The Balaban J connectivity index is 2.11. The minimum absolute atomic E-state index is 0.270. The fourth-order valence-corrected chi connectivity index (χ4v) is 2.22. The molecule has 18 heavy (non-hydrogen) atoms. The lowest BCUT2D eigenvalue weighted by Gasteiger charge is -2.06. The van der Waals surface area contributed by atoms with Crippen molar-refractivity contribution in [1.82, 2.24) is 0 Å². The van der Waals surface area contributed by atoms with Crippen molar-refractivity contribution in [3.63, 3.8) is 0 Å². The number of rotatable bonds is 3. The van der Waals surface area contributed by atoms with Crippen LogP contribution in [0.3, 0.4) is 0 Å². The molecule has 2 aromatic rings. The van der Waals surface area contributed by atoms with E-state index in [2.05, 4.69) is 11.4 Å². The van der Waals surface area contributed by atoms with E-state index in [1.807, 2.05) is 12.1 Å². The van der Waals surface area contributed by atoms with E-state index < -0.39 is 5.82 Å². The smallest absolute Gasteiger partial charge is 0.124 e. The van der Waals surface area contributed by atoms with Crippen LogP contribution in [0.25, 0.3) is 0 Å². The standard InChI is InChI=1S/C13H8FN3S/c14-10-1-4-13(9(5-10)6-15)17-8-12-3-2-11(7-16)18-12/h1-5,17H,8H2. The number of nitrogens with zero attached hydrogens (tertiary/aromatic N) is 2. The van der Waals surface area contributed by atoms with Crippen molar-refractivity contribution in [2.24, 2.45) is 0 Å². The Bertz CT molecular complexity index is 649. The topological polar surface area (TPSA) is 59.6 Å². The van der Waals surface area contributed by atoms with Crippen molar-refractivity contribution in [3.8, 4) is 12.1 Å². The van der Waals surface area contributed by atoms with Crippen LogP contribution in [0.15, 0.2) is 30.3 Å². The minimum Gasteiger partial charge on any atom is -0.379 e. The zero-order valence-electron chi connectivity index (χ0n) is 9.27. The van der Waals surface area contributed by atoms with Gasteiger partial charge in [-0.05, 0) is 30.3 Å². The number of thiophene rings is 1. The molecule has 0 fully saturated rings. The molecule has 0 aliphatic carbocycles. The van der Waals surface area contributed by atoms with Crippen molar-refractivity contribution in [1.29, 1.82) is 10.5 Å². The second kappa shape index (κ2) is 5.31. The van der Waals surface area contributed by atoms with Gasteiger partial charge in [-0.25, -0.2) is 4.39 Å². The molecule has 0 spiro atoms. The van der Waals surface area contributed by atoms with Crippen LogP contribution in [-0.4, -0.2) is 0 Å². The molecular weight excluding hydrogens is 249 g/mol. The fourth-order valence-electron chi connectivity index (χ4n) is 1.48. The maximum absolute atomic E-state index is 12.9. The zero-order valence-corrected chi connectivity index (χ0v) is 10.1. The third-order valence-electron chi connectivity index (χ3n) is 2.33. The Morgan fingerprint density at radius 1 is 1.17 bits per heavy atom. The number of anilines is 1. The molecule has 1 heterocycles. The van der Waals surface area contributed by atoms with Crippen LogP contribution in [0, 0.1) is 28.5 Å². The van der Waals surface area contributed by atoms with Crippen molar-refractivity contribution < 1.29 is 4.39 Å². The van der Waals surface area contributed by atoms with Crippen molar-refractivity contribution in [3.05, 3.63) is 51.5 Å². The Morgan fingerprint density at radius 2 is 2.00 bits per heavy atom. The monoisotopic (exact) mass is 257 g/mol. The molecule has 0 unspecified atom stereocenters. The molecule has 2 rings (SSSR count). The highest BCUT2D eigenvalue weighted by Gasteiger charge is 2.04. The first-order valence-corrected chi connectivity index (χ1v) is 5.97. The molecule has 3 nitrogen and oxygen atoms in total. The summed E-state index contributed by atoms with van der Waals surface area (Å²) < 4.78 is 12.9. The summed E-state index contributed by atoms with van der Waals surface area (Å²) in [6.07, 6.45) is 0. The number of halogens is 1. The lowest BCUT2D eigenvalue weighted by Crippen LogP contribution is -1.99. The van der Waals surface area contributed by atoms with E-state index in [0.717, 1.165) is 4.88 Å². The summed E-state index contributed by atoms with van der Waals surface area (Å²) in [4.78, 5) is 1.63. The van der Waals surface area contributed by atoms with Crippen LogP contribution in [-0.2, 0) is 6.54 Å². The second-order valence-corrected chi connectivity index (χ2v) is 4.70. The average molecular weight is 257 g/mol. The molecule has 5 heteroatoms. The van der Waals surface area contributed by atoms with Crippen LogP contribution in [0.2, 0.25) is 0 Å². The summed E-state index contributed by atoms with van der Waals surface area (Å²) in [7, 11) is 0. The minimum atomic E-state index is -0.431. The first kappa shape index (κ1) is 12.1. The first-order valence-electron chi connectivity index (χ1n) is 5.15. The van der Waals surface area contributed by atoms with Crippen molar-refractivity contribution >= 4 is 17.0 Å². The molecule has 1 N–H and O–H groups in total. The number of hydrogen-bond acceptors (Lipinski definition) is 4. The molecule has 88 valence electrons. The fraction of sp³-hybridized carbons (Fsp3) is 0.0769. The summed E-state index contributed by atoms with van der Waals surface area (Å²) in [6, 6.07) is 11.6. The Kier molecular flexibility index (Phi) is 3.57. The van der Waals surface area contributed by atoms with Gasteiger partial charge in [0.05, 0.1) is 11.3 Å². The van der Waals surface area contributed by atoms with Gasteiger partial charge in [0.25, 0.3) is 0 Å². The van der Waals surface area contributed by atoms with Crippen LogP contribution >= 0.6 is 11.3 Å².